The summed E-state index contributed by atoms with van der Waals surface area (Å²) in [6, 6.07) is 7.82. The third-order valence-electron chi connectivity index (χ3n) is 5.84. The average molecular weight is 343 g/mol. The molecule has 3 aliphatic heterocycles. The van der Waals surface area contributed by atoms with Crippen molar-refractivity contribution in [3.63, 3.8) is 0 Å². The van der Waals surface area contributed by atoms with Crippen molar-refractivity contribution in [1.82, 2.24) is 0 Å². The largest absolute Gasteiger partial charge is 0.422 e. The van der Waals surface area contributed by atoms with Gasteiger partial charge < -0.3 is 14.4 Å². The highest BCUT2D eigenvalue weighted by Crippen LogP contribution is 2.51. The first kappa shape index (κ1) is 16.4. The zero-order valence-corrected chi connectivity index (χ0v) is 15.2. The molecule has 0 N–H and O–H groups in total. The number of hydrogen-bond acceptors (Lipinski definition) is 5. The molecule has 1 spiro atoms. The van der Waals surface area contributed by atoms with E-state index in [4.69, 9.17) is 9.47 Å². The van der Waals surface area contributed by atoms with Gasteiger partial charge in [-0.05, 0) is 29.9 Å². The molecule has 25 heavy (non-hydrogen) atoms. The molecule has 2 fully saturated rings. The van der Waals surface area contributed by atoms with Gasteiger partial charge >= 0.3 is 11.9 Å². The van der Waals surface area contributed by atoms with Crippen molar-refractivity contribution < 1.29 is 19.1 Å². The van der Waals surface area contributed by atoms with Gasteiger partial charge in [0, 0.05) is 32.5 Å². The second-order valence-electron chi connectivity index (χ2n) is 8.37. The molecule has 5 nitrogen and oxygen atoms in total. The maximum Gasteiger partial charge on any atom is 0.329 e. The van der Waals surface area contributed by atoms with Crippen LogP contribution >= 0.6 is 0 Å². The smallest absolute Gasteiger partial charge is 0.329 e. The van der Waals surface area contributed by atoms with Crippen LogP contribution in [-0.4, -0.2) is 30.3 Å². The number of hydrogen-bond donors (Lipinski definition) is 0. The van der Waals surface area contributed by atoms with Crippen molar-refractivity contribution in [3.05, 3.63) is 29.8 Å². The summed E-state index contributed by atoms with van der Waals surface area (Å²) in [6.45, 7) is 8.39. The molecule has 0 unspecified atom stereocenters. The summed E-state index contributed by atoms with van der Waals surface area (Å²) in [5, 5.41) is 0. The van der Waals surface area contributed by atoms with Crippen molar-refractivity contribution in [2.24, 2.45) is 17.3 Å². The summed E-state index contributed by atoms with van der Waals surface area (Å²) in [5.74, 6) is -1.40. The number of para-hydroxylation sites is 1. The highest BCUT2D eigenvalue weighted by Gasteiger charge is 2.65. The number of cyclic esters (lactones) is 2. The topological polar surface area (TPSA) is 55.8 Å². The predicted octanol–water partition coefficient (Wildman–Crippen LogP) is 2.92. The van der Waals surface area contributed by atoms with Crippen LogP contribution in [0.3, 0.4) is 0 Å². The van der Waals surface area contributed by atoms with Crippen molar-refractivity contribution in [2.75, 3.05) is 11.4 Å². The Morgan fingerprint density at radius 3 is 2.40 bits per heavy atom. The normalized spacial score (nSPS) is 32.5. The van der Waals surface area contributed by atoms with Gasteiger partial charge in [-0.15, -0.1) is 0 Å². The summed E-state index contributed by atoms with van der Waals surface area (Å²) in [4.78, 5) is 28.5. The fourth-order valence-electron chi connectivity index (χ4n) is 5.06. The van der Waals surface area contributed by atoms with E-state index in [-0.39, 0.29) is 12.0 Å². The molecule has 3 heterocycles. The van der Waals surface area contributed by atoms with E-state index in [1.807, 2.05) is 18.2 Å². The van der Waals surface area contributed by atoms with Crippen molar-refractivity contribution in [3.8, 4) is 0 Å². The molecule has 1 aromatic carbocycles. The Hall–Kier alpha value is -2.04. The highest BCUT2D eigenvalue weighted by molar-refractivity contribution is 6.04. The van der Waals surface area contributed by atoms with Gasteiger partial charge in [-0.25, -0.2) is 0 Å². The number of ether oxygens (including phenoxy) is 2. The van der Waals surface area contributed by atoms with Crippen LogP contribution in [0, 0.1) is 17.3 Å². The number of carbonyl (C=O) groups is 2. The van der Waals surface area contributed by atoms with Gasteiger partial charge in [-0.3, -0.25) is 9.59 Å². The lowest BCUT2D eigenvalue weighted by Crippen LogP contribution is -2.69. The van der Waals surface area contributed by atoms with Gasteiger partial charge in [0.2, 0.25) is 0 Å². The maximum absolute atomic E-state index is 13.1. The van der Waals surface area contributed by atoms with Crippen molar-refractivity contribution in [2.45, 2.75) is 52.4 Å². The molecule has 3 aliphatic rings. The molecule has 0 radical (unpaired) electrons. The zero-order valence-electron chi connectivity index (χ0n) is 15.2. The number of nitrogens with zero attached hydrogens (tertiary/aromatic N) is 1. The highest BCUT2D eigenvalue weighted by atomic mass is 16.7. The molecule has 5 heteroatoms. The summed E-state index contributed by atoms with van der Waals surface area (Å²) in [7, 11) is 0. The Labute approximate surface area is 148 Å². The lowest BCUT2D eigenvalue weighted by Gasteiger charge is -2.56. The zero-order chi connectivity index (χ0) is 18.0. The number of carbonyl (C=O) groups excluding carboxylic acids is 2. The molecule has 1 aromatic rings. The molecule has 3 atom stereocenters. The van der Waals surface area contributed by atoms with Gasteiger partial charge in [-0.2, -0.15) is 0 Å². The molecule has 0 aliphatic carbocycles. The Balaban J connectivity index is 1.89. The fraction of sp³-hybridized carbons (Fsp3) is 0.600. The van der Waals surface area contributed by atoms with E-state index in [0.29, 0.717) is 12.3 Å². The minimum Gasteiger partial charge on any atom is -0.422 e. The molecular formula is C20H25NO4. The Morgan fingerprint density at radius 2 is 1.72 bits per heavy atom. The second kappa shape index (κ2) is 5.23. The Kier molecular flexibility index (Phi) is 3.44. The molecule has 134 valence electrons. The van der Waals surface area contributed by atoms with Crippen LogP contribution in [0.5, 0.6) is 0 Å². The lowest BCUT2D eigenvalue weighted by molar-refractivity contribution is -0.254. The van der Waals surface area contributed by atoms with Gasteiger partial charge in [0.15, 0.2) is 5.41 Å². The van der Waals surface area contributed by atoms with Gasteiger partial charge in [-0.1, -0.05) is 32.0 Å². The van der Waals surface area contributed by atoms with E-state index < -0.39 is 23.1 Å². The number of piperidine rings is 1. The van der Waals surface area contributed by atoms with Crippen LogP contribution in [0.1, 0.15) is 39.7 Å². The van der Waals surface area contributed by atoms with E-state index in [0.717, 1.165) is 24.2 Å². The van der Waals surface area contributed by atoms with Crippen LogP contribution < -0.4 is 4.90 Å². The van der Waals surface area contributed by atoms with E-state index in [1.165, 1.54) is 0 Å². The SMILES string of the molecule is C[C@@H]1C[C@H](C)[C@H]2N(C1)c1ccccc1CC21C(=O)OC(C)(C)OC1=O. The maximum atomic E-state index is 13.1. The molecule has 4 rings (SSSR count). The summed E-state index contributed by atoms with van der Waals surface area (Å²) in [5.41, 5.74) is 0.860. The third-order valence-corrected chi connectivity index (χ3v) is 5.84. The van der Waals surface area contributed by atoms with Crippen LogP contribution in [0.2, 0.25) is 0 Å². The molecule has 0 saturated carbocycles. The lowest BCUT2D eigenvalue weighted by atomic mass is 9.63. The summed E-state index contributed by atoms with van der Waals surface area (Å²) >= 11 is 0. The van der Waals surface area contributed by atoms with E-state index >= 15 is 0 Å². The van der Waals surface area contributed by atoms with Crippen LogP contribution in [0.15, 0.2) is 24.3 Å². The number of anilines is 1. The van der Waals surface area contributed by atoms with E-state index in [9.17, 15) is 9.59 Å². The van der Waals surface area contributed by atoms with E-state index in [2.05, 4.69) is 24.8 Å². The predicted molar refractivity (Wildman–Crippen MR) is 92.9 cm³/mol. The second-order valence-corrected chi connectivity index (χ2v) is 8.37. The van der Waals surface area contributed by atoms with Gasteiger partial charge in [0.25, 0.3) is 5.79 Å². The molecule has 2 saturated heterocycles. The third kappa shape index (κ3) is 2.28. The van der Waals surface area contributed by atoms with Gasteiger partial charge in [0.1, 0.15) is 0 Å². The van der Waals surface area contributed by atoms with Crippen LogP contribution in [-0.2, 0) is 25.5 Å². The number of esters is 2. The summed E-state index contributed by atoms with van der Waals surface area (Å²) < 4.78 is 11.1. The monoisotopic (exact) mass is 343 g/mol. The molecule has 0 aromatic heterocycles. The minimum absolute atomic E-state index is 0.193. The standard InChI is InChI=1S/C20H25NO4/c1-12-9-13(2)16-20(17(22)24-19(3,4)25-18(20)23)10-14-7-5-6-8-15(14)21(16)11-12/h5-8,12-13,16H,9-11H2,1-4H3/t12-,13+,16-/m1/s1. The number of benzene rings is 1. The Bertz CT molecular complexity index is 721. The fourth-order valence-corrected chi connectivity index (χ4v) is 5.06. The molecule has 0 amide bonds. The molecular weight excluding hydrogens is 318 g/mol. The van der Waals surface area contributed by atoms with Crippen molar-refractivity contribution in [1.29, 1.82) is 0 Å². The number of fused-ring (bicyclic) bond motifs is 4. The Morgan fingerprint density at radius 1 is 1.08 bits per heavy atom. The summed E-state index contributed by atoms with van der Waals surface area (Å²) in [6.07, 6.45) is 1.33. The van der Waals surface area contributed by atoms with Crippen LogP contribution in [0.4, 0.5) is 5.69 Å². The first-order valence-corrected chi connectivity index (χ1v) is 9.06. The van der Waals surface area contributed by atoms with Crippen molar-refractivity contribution >= 4 is 17.6 Å². The number of rotatable bonds is 0. The quantitative estimate of drug-likeness (QED) is 0.535. The van der Waals surface area contributed by atoms with E-state index in [1.54, 1.807) is 13.8 Å². The van der Waals surface area contributed by atoms with Crippen LogP contribution in [0.25, 0.3) is 0 Å². The molecule has 0 bridgehead atoms. The minimum atomic E-state index is -1.27. The first-order chi connectivity index (χ1) is 11.7. The first-order valence-electron chi connectivity index (χ1n) is 9.06. The average Bonchev–Trinajstić information content (AvgIpc) is 2.51. The van der Waals surface area contributed by atoms with Gasteiger partial charge in [0.05, 0.1) is 6.04 Å².